The Labute approximate surface area is 88.2 Å². The van der Waals surface area contributed by atoms with Crippen molar-refractivity contribution in [1.29, 1.82) is 0 Å². The molecular weight excluding hydrogens is 265 g/mol. The number of ketones is 1. The minimum absolute atomic E-state index is 0.0133. The van der Waals surface area contributed by atoms with Gasteiger partial charge < -0.3 is 0 Å². The summed E-state index contributed by atoms with van der Waals surface area (Å²) in [5.74, 6) is 0.387. The van der Waals surface area contributed by atoms with Gasteiger partial charge in [-0.15, -0.1) is 0 Å². The molecule has 0 atom stereocenters. The fraction of sp³-hybridized carbons (Fsp3) is 0.889. The van der Waals surface area contributed by atoms with Crippen molar-refractivity contribution in [3.63, 3.8) is 0 Å². The van der Waals surface area contributed by atoms with E-state index >= 15 is 0 Å². The largest absolute Gasteiger partial charge is 0.300 e. The number of rotatable bonds is 0. The molecule has 0 unspecified atom stereocenters. The van der Waals surface area contributed by atoms with Gasteiger partial charge in [0.25, 0.3) is 0 Å². The van der Waals surface area contributed by atoms with Crippen molar-refractivity contribution in [1.82, 2.24) is 3.11 Å². The predicted octanol–water partition coefficient (Wildman–Crippen LogP) is 2.56. The fourth-order valence-electron chi connectivity index (χ4n) is 1.99. The number of hydrogen-bond donors (Lipinski definition) is 0. The molecule has 1 heterocycles. The maximum Gasteiger partial charge on any atom is 0.136 e. The van der Waals surface area contributed by atoms with Crippen LogP contribution in [-0.4, -0.2) is 20.0 Å². The van der Waals surface area contributed by atoms with Gasteiger partial charge >= 0.3 is 0 Å². The number of carbonyl (C=O) groups is 1. The lowest BCUT2D eigenvalue weighted by molar-refractivity contribution is -0.126. The Bertz CT molecular complexity index is 191. The van der Waals surface area contributed by atoms with Crippen molar-refractivity contribution < 1.29 is 4.79 Å². The molecular formula is C9H16INO. The zero-order valence-electron chi connectivity index (χ0n) is 8.15. The molecule has 0 aromatic rings. The van der Waals surface area contributed by atoms with E-state index in [4.69, 9.17) is 0 Å². The third kappa shape index (κ3) is 1.82. The summed E-state index contributed by atoms with van der Waals surface area (Å²) in [6, 6.07) is 0. The number of hydrogen-bond acceptors (Lipinski definition) is 2. The molecule has 1 fully saturated rings. The molecule has 0 bridgehead atoms. The van der Waals surface area contributed by atoms with Crippen LogP contribution in [0.5, 0.6) is 0 Å². The second-order valence-corrected chi connectivity index (χ2v) is 5.76. The van der Waals surface area contributed by atoms with Crippen LogP contribution in [-0.2, 0) is 4.79 Å². The van der Waals surface area contributed by atoms with Crippen LogP contribution in [0.3, 0.4) is 0 Å². The average Bonchev–Trinajstić information content (AvgIpc) is 1.80. The number of piperidine rings is 1. The summed E-state index contributed by atoms with van der Waals surface area (Å²) in [6.07, 6.45) is 1.36. The van der Waals surface area contributed by atoms with Crippen LogP contribution < -0.4 is 0 Å². The lowest BCUT2D eigenvalue weighted by Gasteiger charge is -2.48. The van der Waals surface area contributed by atoms with E-state index in [1.807, 2.05) is 0 Å². The molecule has 3 heteroatoms. The van der Waals surface area contributed by atoms with Crippen LogP contribution in [0.25, 0.3) is 0 Å². The minimum Gasteiger partial charge on any atom is -0.300 e. The van der Waals surface area contributed by atoms with E-state index in [9.17, 15) is 4.79 Å². The molecule has 1 aliphatic heterocycles. The highest BCUT2D eigenvalue weighted by Gasteiger charge is 2.43. The molecule has 0 amide bonds. The van der Waals surface area contributed by atoms with Crippen LogP contribution in [0.1, 0.15) is 40.5 Å². The molecule has 2 nitrogen and oxygen atoms in total. The summed E-state index contributed by atoms with van der Waals surface area (Å²) in [4.78, 5) is 11.4. The van der Waals surface area contributed by atoms with E-state index in [0.717, 1.165) is 0 Å². The quantitative estimate of drug-likeness (QED) is 0.502. The number of nitrogens with zero attached hydrogens (tertiary/aromatic N) is 1. The first-order valence-electron chi connectivity index (χ1n) is 4.23. The molecule has 0 aromatic carbocycles. The number of Topliss-reactive ketones (excluding diaryl/α,β-unsaturated/α-hetero) is 1. The molecule has 0 aromatic heterocycles. The maximum absolute atomic E-state index is 11.4. The molecule has 1 aliphatic rings. The van der Waals surface area contributed by atoms with Gasteiger partial charge in [0.2, 0.25) is 0 Å². The molecule has 0 aliphatic carbocycles. The highest BCUT2D eigenvalue weighted by molar-refractivity contribution is 14.1. The standard InChI is InChI=1S/C9H16INO/c1-8(2)5-7(12)6-9(3,4)11(8)10/h5-6H2,1-4H3. The monoisotopic (exact) mass is 281 g/mol. The van der Waals surface area contributed by atoms with E-state index in [1.54, 1.807) is 0 Å². The van der Waals surface area contributed by atoms with Gasteiger partial charge in [0.15, 0.2) is 0 Å². The molecule has 0 N–H and O–H groups in total. The second-order valence-electron chi connectivity index (χ2n) is 4.80. The van der Waals surface area contributed by atoms with E-state index in [1.165, 1.54) is 0 Å². The van der Waals surface area contributed by atoms with Gasteiger partial charge in [-0.25, -0.2) is 3.11 Å². The van der Waals surface area contributed by atoms with Crippen LogP contribution in [0.4, 0.5) is 0 Å². The number of halogens is 1. The van der Waals surface area contributed by atoms with Crippen LogP contribution in [0.15, 0.2) is 0 Å². The van der Waals surface area contributed by atoms with Gasteiger partial charge in [-0.3, -0.25) is 4.79 Å². The first kappa shape index (κ1) is 10.4. The average molecular weight is 281 g/mol. The molecule has 1 rings (SSSR count). The smallest absolute Gasteiger partial charge is 0.136 e. The Morgan fingerprint density at radius 3 is 1.83 bits per heavy atom. The summed E-state index contributed by atoms with van der Waals surface area (Å²) in [5.41, 5.74) is 0.0266. The van der Waals surface area contributed by atoms with E-state index in [0.29, 0.717) is 18.6 Å². The first-order chi connectivity index (χ1) is 5.26. The highest BCUT2D eigenvalue weighted by atomic mass is 127. The van der Waals surface area contributed by atoms with Crippen molar-refractivity contribution in [2.24, 2.45) is 0 Å². The Morgan fingerprint density at radius 2 is 1.50 bits per heavy atom. The molecule has 0 spiro atoms. The van der Waals surface area contributed by atoms with Crippen molar-refractivity contribution in [3.05, 3.63) is 0 Å². The predicted molar refractivity (Wildman–Crippen MR) is 58.3 cm³/mol. The van der Waals surface area contributed by atoms with Gasteiger partial charge in [0.05, 0.1) is 0 Å². The third-order valence-corrected chi connectivity index (χ3v) is 4.93. The van der Waals surface area contributed by atoms with Crippen molar-refractivity contribution >= 4 is 28.6 Å². The molecule has 0 radical (unpaired) electrons. The van der Waals surface area contributed by atoms with E-state index in [-0.39, 0.29) is 11.1 Å². The van der Waals surface area contributed by atoms with Crippen molar-refractivity contribution in [2.45, 2.75) is 51.6 Å². The normalized spacial score (nSPS) is 28.9. The zero-order chi connectivity index (χ0) is 9.57. The molecule has 70 valence electrons. The van der Waals surface area contributed by atoms with Gasteiger partial charge in [-0.1, -0.05) is 0 Å². The van der Waals surface area contributed by atoms with E-state index < -0.39 is 0 Å². The van der Waals surface area contributed by atoms with Gasteiger partial charge in [-0.05, 0) is 27.7 Å². The second kappa shape index (κ2) is 2.94. The van der Waals surface area contributed by atoms with Gasteiger partial charge in [-0.2, -0.15) is 0 Å². The lowest BCUT2D eigenvalue weighted by atomic mass is 9.82. The molecule has 1 saturated heterocycles. The van der Waals surface area contributed by atoms with E-state index in [2.05, 4.69) is 53.7 Å². The van der Waals surface area contributed by atoms with Crippen molar-refractivity contribution in [3.8, 4) is 0 Å². The van der Waals surface area contributed by atoms with Gasteiger partial charge in [0.1, 0.15) is 5.78 Å². The first-order valence-corrected chi connectivity index (χ1v) is 5.20. The summed E-state index contributed by atoms with van der Waals surface area (Å²) in [6.45, 7) is 8.49. The van der Waals surface area contributed by atoms with Crippen LogP contribution in [0.2, 0.25) is 0 Å². The molecule has 12 heavy (non-hydrogen) atoms. The fourth-order valence-corrected chi connectivity index (χ4v) is 2.33. The summed E-state index contributed by atoms with van der Waals surface area (Å²) in [5, 5.41) is 0. The Hall–Kier alpha value is 0.360. The lowest BCUT2D eigenvalue weighted by Crippen LogP contribution is -2.55. The Balaban J connectivity index is 2.91. The third-order valence-electron chi connectivity index (χ3n) is 2.32. The van der Waals surface area contributed by atoms with Gasteiger partial charge in [0, 0.05) is 46.8 Å². The Kier molecular flexibility index (Phi) is 2.56. The summed E-state index contributed by atoms with van der Waals surface area (Å²) >= 11 is 2.33. The van der Waals surface area contributed by atoms with Crippen LogP contribution >= 0.6 is 22.9 Å². The summed E-state index contributed by atoms with van der Waals surface area (Å²) in [7, 11) is 0. The summed E-state index contributed by atoms with van der Waals surface area (Å²) < 4.78 is 2.28. The van der Waals surface area contributed by atoms with Crippen molar-refractivity contribution in [2.75, 3.05) is 0 Å². The topological polar surface area (TPSA) is 20.3 Å². The minimum atomic E-state index is 0.0133. The van der Waals surface area contributed by atoms with Crippen LogP contribution in [0, 0.1) is 0 Å². The highest BCUT2D eigenvalue weighted by Crippen LogP contribution is 2.39. The Morgan fingerprint density at radius 1 is 1.17 bits per heavy atom. The molecule has 0 saturated carbocycles. The SMILES string of the molecule is CC1(C)CC(=O)CC(C)(C)N1I. The maximum atomic E-state index is 11.4. The number of carbonyl (C=O) groups excluding carboxylic acids is 1. The zero-order valence-corrected chi connectivity index (χ0v) is 10.3.